The van der Waals surface area contributed by atoms with Crippen molar-refractivity contribution in [2.75, 3.05) is 50.1 Å². The molecule has 1 aliphatic rings. The Balaban J connectivity index is 1.26. The van der Waals surface area contributed by atoms with Crippen LogP contribution >= 0.6 is 0 Å². The number of aliphatic hydroxyl groups is 1. The fraction of sp³-hybridized carbons (Fsp3) is 0.323. The first kappa shape index (κ1) is 28.3. The van der Waals surface area contributed by atoms with Crippen molar-refractivity contribution in [2.24, 2.45) is 0 Å². The third kappa shape index (κ3) is 6.72. The van der Waals surface area contributed by atoms with Gasteiger partial charge in [-0.1, -0.05) is 12.1 Å². The Labute approximate surface area is 238 Å². The van der Waals surface area contributed by atoms with E-state index in [0.29, 0.717) is 17.1 Å². The number of carbonyl (C=O) groups is 2. The summed E-state index contributed by atoms with van der Waals surface area (Å²) in [5.74, 6) is 0.0831. The van der Waals surface area contributed by atoms with Gasteiger partial charge in [0.15, 0.2) is 0 Å². The van der Waals surface area contributed by atoms with Crippen LogP contribution in [0, 0.1) is 0 Å². The summed E-state index contributed by atoms with van der Waals surface area (Å²) in [4.78, 5) is 33.6. The fourth-order valence-corrected chi connectivity index (χ4v) is 5.18. The Hall–Kier alpha value is -4.28. The Bertz CT molecular complexity index is 1500. The zero-order valence-corrected chi connectivity index (χ0v) is 23.1. The minimum Gasteiger partial charge on any atom is -0.393 e. The van der Waals surface area contributed by atoms with Gasteiger partial charge < -0.3 is 25.5 Å². The largest absolute Gasteiger partial charge is 0.393 e. The zero-order chi connectivity index (χ0) is 28.8. The number of hydrogen-bond acceptors (Lipinski definition) is 6. The van der Waals surface area contributed by atoms with Crippen molar-refractivity contribution in [1.82, 2.24) is 19.8 Å². The van der Waals surface area contributed by atoms with Gasteiger partial charge in [0.1, 0.15) is 12.5 Å². The normalized spacial score (nSPS) is 14.2. The fourth-order valence-electron chi connectivity index (χ4n) is 5.18. The van der Waals surface area contributed by atoms with E-state index in [-0.39, 0.29) is 24.6 Å². The number of nitrogens with one attached hydrogen (secondary N) is 2. The molecule has 3 N–H and O–H groups in total. The van der Waals surface area contributed by atoms with Gasteiger partial charge in [-0.3, -0.25) is 9.36 Å². The second kappa shape index (κ2) is 12.9. The number of pyridine rings is 1. The summed E-state index contributed by atoms with van der Waals surface area (Å²) in [5, 5.41) is 16.0. The van der Waals surface area contributed by atoms with Crippen LogP contribution in [0.1, 0.15) is 28.8 Å². The molecule has 1 aliphatic heterocycles. The van der Waals surface area contributed by atoms with Crippen LogP contribution in [-0.2, 0) is 6.42 Å². The van der Waals surface area contributed by atoms with Crippen molar-refractivity contribution >= 4 is 40.0 Å². The third-order valence-electron chi connectivity index (χ3n) is 7.51. The Morgan fingerprint density at radius 1 is 1.05 bits per heavy atom. The second-order valence-electron chi connectivity index (χ2n) is 10.2. The van der Waals surface area contributed by atoms with Gasteiger partial charge in [0.05, 0.1) is 18.2 Å². The lowest BCUT2D eigenvalue weighted by molar-refractivity contribution is 0.0832. The first-order valence-electron chi connectivity index (χ1n) is 13.9. The van der Waals surface area contributed by atoms with Crippen LogP contribution in [0.25, 0.3) is 10.9 Å². The summed E-state index contributed by atoms with van der Waals surface area (Å²) in [6.07, 6.45) is 5.63. The number of carbonyl (C=O) groups excluding carboxylic acids is 2. The summed E-state index contributed by atoms with van der Waals surface area (Å²) in [7, 11) is 1.57. The molecule has 41 heavy (non-hydrogen) atoms. The van der Waals surface area contributed by atoms with Crippen LogP contribution in [0.2, 0.25) is 0 Å². The van der Waals surface area contributed by atoms with Crippen molar-refractivity contribution in [3.05, 3.63) is 84.2 Å². The van der Waals surface area contributed by atoms with Gasteiger partial charge in [-0.15, -0.1) is 0 Å². The zero-order valence-electron chi connectivity index (χ0n) is 23.1. The highest BCUT2D eigenvalue weighted by Crippen LogP contribution is 2.30. The maximum Gasteiger partial charge on any atom is 0.325 e. The highest BCUT2D eigenvalue weighted by atomic mass is 19.1. The van der Waals surface area contributed by atoms with Crippen molar-refractivity contribution in [3.63, 3.8) is 0 Å². The first-order chi connectivity index (χ1) is 19.9. The number of fused-ring (bicyclic) bond motifs is 1. The van der Waals surface area contributed by atoms with E-state index in [9.17, 15) is 19.1 Å². The maximum absolute atomic E-state index is 13.6. The predicted molar refractivity (Wildman–Crippen MR) is 159 cm³/mol. The van der Waals surface area contributed by atoms with E-state index < -0.39 is 6.67 Å². The molecule has 9 nitrogen and oxygen atoms in total. The molecule has 5 rings (SSSR count). The number of hydrogen-bond donors (Lipinski definition) is 3. The van der Waals surface area contributed by atoms with E-state index in [2.05, 4.69) is 20.5 Å². The van der Waals surface area contributed by atoms with Crippen LogP contribution in [0.3, 0.4) is 0 Å². The number of rotatable bonds is 9. The minimum absolute atomic E-state index is 0.110. The monoisotopic (exact) mass is 558 g/mol. The molecule has 0 atom stereocenters. The minimum atomic E-state index is -0.576. The molecule has 0 saturated carbocycles. The van der Waals surface area contributed by atoms with E-state index >= 15 is 0 Å². The number of halogens is 1. The number of aromatic nitrogens is 2. The topological polar surface area (TPSA) is 103 Å². The molecule has 214 valence electrons. The predicted octanol–water partition coefficient (Wildman–Crippen LogP) is 4.58. The molecule has 1 fully saturated rings. The lowest BCUT2D eigenvalue weighted by atomic mass is 10.1. The third-order valence-corrected chi connectivity index (χ3v) is 7.51. The number of piperidine rings is 1. The van der Waals surface area contributed by atoms with Gasteiger partial charge >= 0.3 is 6.03 Å². The molecule has 2 aromatic carbocycles. The van der Waals surface area contributed by atoms with Gasteiger partial charge in [0, 0.05) is 67.5 Å². The van der Waals surface area contributed by atoms with Crippen molar-refractivity contribution in [3.8, 4) is 0 Å². The van der Waals surface area contributed by atoms with E-state index in [1.165, 1.54) is 4.57 Å². The van der Waals surface area contributed by atoms with Crippen molar-refractivity contribution in [2.45, 2.75) is 25.4 Å². The lowest BCUT2D eigenvalue weighted by Crippen LogP contribution is -2.37. The second-order valence-corrected chi connectivity index (χ2v) is 10.2. The maximum atomic E-state index is 13.6. The van der Waals surface area contributed by atoms with Crippen LogP contribution in [0.5, 0.6) is 0 Å². The van der Waals surface area contributed by atoms with Crippen molar-refractivity contribution in [1.29, 1.82) is 0 Å². The highest BCUT2D eigenvalue weighted by molar-refractivity contribution is 6.04. The molecule has 0 radical (unpaired) electrons. The molecule has 4 aromatic rings. The van der Waals surface area contributed by atoms with E-state index in [4.69, 9.17) is 0 Å². The molecular weight excluding hydrogens is 523 g/mol. The average Bonchev–Trinajstić information content (AvgIpc) is 3.43. The van der Waals surface area contributed by atoms with E-state index in [0.717, 1.165) is 61.1 Å². The Morgan fingerprint density at radius 2 is 1.80 bits per heavy atom. The number of likely N-dealkylation sites (tertiary alicyclic amines) is 1. The van der Waals surface area contributed by atoms with Crippen LogP contribution in [0.4, 0.5) is 26.4 Å². The van der Waals surface area contributed by atoms with E-state index in [1.54, 1.807) is 31.6 Å². The van der Waals surface area contributed by atoms with Gasteiger partial charge in [-0.2, -0.15) is 0 Å². The van der Waals surface area contributed by atoms with Crippen LogP contribution < -0.4 is 15.5 Å². The molecule has 10 heteroatoms. The number of anilines is 3. The standard InChI is InChI=1S/C31H35FN6O3/c1-33-31(41)38-18-10-24-20-25(6-7-28(24)38)37(19-13-32)26-8-14-34-29(21-26)35-30(40)23-4-2-22(3-5-23)9-15-36-16-11-27(39)12-17-36/h2-8,10,14,18,20-21,27,39H,9,11-13,15-17,19H2,1H3,(H,33,41)(H,34,35,40). The molecule has 0 unspecified atom stereocenters. The number of alkyl halides is 1. The van der Waals surface area contributed by atoms with Gasteiger partial charge in [0.2, 0.25) is 0 Å². The summed E-state index contributed by atoms with van der Waals surface area (Å²) in [5.41, 5.74) is 3.85. The Morgan fingerprint density at radius 3 is 2.54 bits per heavy atom. The quantitative estimate of drug-likeness (QED) is 0.278. The molecule has 1 saturated heterocycles. The van der Waals surface area contributed by atoms with Crippen LogP contribution in [0.15, 0.2) is 73.1 Å². The molecule has 3 heterocycles. The molecule has 2 aromatic heterocycles. The highest BCUT2D eigenvalue weighted by Gasteiger charge is 2.17. The van der Waals surface area contributed by atoms with Crippen LogP contribution in [-0.4, -0.2) is 77.5 Å². The van der Waals surface area contributed by atoms with E-state index in [1.807, 2.05) is 53.4 Å². The Kier molecular flexibility index (Phi) is 8.91. The molecule has 2 amide bonds. The molecule has 0 aliphatic carbocycles. The lowest BCUT2D eigenvalue weighted by Gasteiger charge is -2.29. The van der Waals surface area contributed by atoms with Gasteiger partial charge in [0.25, 0.3) is 5.91 Å². The smallest absolute Gasteiger partial charge is 0.325 e. The number of nitrogens with zero attached hydrogens (tertiary/aromatic N) is 4. The SMILES string of the molecule is CNC(=O)n1ccc2cc(N(CCF)c3ccnc(NC(=O)c4ccc(CCN5CCC(O)CC5)cc4)c3)ccc21. The molecular formula is C31H35FN6O3. The molecule has 0 spiro atoms. The number of benzene rings is 2. The average molecular weight is 559 g/mol. The number of amides is 2. The number of aliphatic hydroxyl groups excluding tert-OH is 1. The summed E-state index contributed by atoms with van der Waals surface area (Å²) in [6, 6.07) is 18.2. The summed E-state index contributed by atoms with van der Waals surface area (Å²) in [6.45, 7) is 2.29. The molecule has 0 bridgehead atoms. The summed E-state index contributed by atoms with van der Waals surface area (Å²) >= 11 is 0. The van der Waals surface area contributed by atoms with Gasteiger partial charge in [-0.05, 0) is 67.3 Å². The first-order valence-corrected chi connectivity index (χ1v) is 13.9. The summed E-state index contributed by atoms with van der Waals surface area (Å²) < 4.78 is 15.1. The van der Waals surface area contributed by atoms with Gasteiger partial charge in [-0.25, -0.2) is 14.2 Å². The van der Waals surface area contributed by atoms with Crippen molar-refractivity contribution < 1.29 is 19.1 Å².